The minimum atomic E-state index is -0.468. The van der Waals surface area contributed by atoms with Gasteiger partial charge in [0.05, 0.1) is 17.5 Å². The van der Waals surface area contributed by atoms with Crippen LogP contribution in [-0.4, -0.2) is 17.6 Å². The lowest BCUT2D eigenvalue weighted by Crippen LogP contribution is -2.31. The van der Waals surface area contributed by atoms with Gasteiger partial charge in [-0.3, -0.25) is 14.4 Å². The fourth-order valence-electron chi connectivity index (χ4n) is 2.74. The summed E-state index contributed by atoms with van der Waals surface area (Å²) in [6, 6.07) is 11.9. The number of ether oxygens (including phenoxy) is 1. The molecule has 1 heterocycles. The minimum Gasteiger partial charge on any atom is -0.496 e. The Hall–Kier alpha value is -2.92. The molecule has 2 aromatic carbocycles. The number of fused-ring (bicyclic) bond motifs is 1. The van der Waals surface area contributed by atoms with Crippen LogP contribution in [0.15, 0.2) is 48.7 Å². The zero-order valence-corrected chi connectivity index (χ0v) is 15.0. The first-order valence-electron chi connectivity index (χ1n) is 7.95. The van der Waals surface area contributed by atoms with Gasteiger partial charge in [-0.05, 0) is 42.8 Å². The molecular weight excluding hydrogens is 354 g/mol. The number of hydrogen-bond donors (Lipinski definition) is 0. The summed E-state index contributed by atoms with van der Waals surface area (Å²) in [4.78, 5) is 37.2. The molecule has 0 aromatic heterocycles. The number of anilines is 1. The molecule has 0 radical (unpaired) electrons. The van der Waals surface area contributed by atoms with Gasteiger partial charge in [-0.2, -0.15) is 0 Å². The number of amides is 2. The molecule has 0 saturated carbocycles. The maximum absolute atomic E-state index is 12.6. The summed E-state index contributed by atoms with van der Waals surface area (Å²) in [5.74, 6) is -0.986. The molecule has 2 amide bonds. The number of carbonyl (C=O) groups excluding carboxylic acids is 3. The van der Waals surface area contributed by atoms with E-state index >= 15 is 0 Å². The lowest BCUT2D eigenvalue weighted by molar-refractivity contribution is -0.122. The third kappa shape index (κ3) is 3.39. The van der Waals surface area contributed by atoms with Gasteiger partial charge >= 0.3 is 0 Å². The van der Waals surface area contributed by atoms with Crippen LogP contribution in [-0.2, 0) is 20.9 Å². The van der Waals surface area contributed by atoms with Crippen LogP contribution in [0.25, 0.3) is 5.57 Å². The fourth-order valence-corrected chi connectivity index (χ4v) is 2.87. The predicted molar refractivity (Wildman–Crippen MR) is 98.8 cm³/mol. The molecule has 0 saturated heterocycles. The summed E-state index contributed by atoms with van der Waals surface area (Å²) in [7, 11) is 0. The second-order valence-corrected chi connectivity index (χ2v) is 6.35. The number of rotatable bonds is 4. The number of ketones is 1. The molecule has 1 aliphatic rings. The van der Waals surface area contributed by atoms with Crippen LogP contribution in [0.5, 0.6) is 0 Å². The van der Waals surface area contributed by atoms with Crippen molar-refractivity contribution in [1.29, 1.82) is 0 Å². The molecule has 0 spiro atoms. The second kappa shape index (κ2) is 7.14. The van der Waals surface area contributed by atoms with Gasteiger partial charge in [-0.15, -0.1) is 0 Å². The van der Waals surface area contributed by atoms with Crippen LogP contribution in [0.3, 0.4) is 0 Å². The normalized spacial score (nSPS) is 14.5. The average molecular weight is 370 g/mol. The van der Waals surface area contributed by atoms with E-state index in [9.17, 15) is 14.4 Å². The zero-order chi connectivity index (χ0) is 18.8. The standard InChI is InChI=1S/C20H16ClNO4/c1-12(23)15-5-8-19-17(9-15)18(20(25)22(19)13(2)24)11-26-10-14-3-6-16(21)7-4-14/h3-9,11H,10H2,1-2H3. The molecule has 0 atom stereocenters. The molecule has 2 aromatic rings. The first kappa shape index (κ1) is 17.9. The van der Waals surface area contributed by atoms with E-state index in [0.29, 0.717) is 21.8 Å². The summed E-state index contributed by atoms with van der Waals surface area (Å²) < 4.78 is 5.55. The number of carbonyl (C=O) groups is 3. The first-order valence-corrected chi connectivity index (χ1v) is 8.33. The molecular formula is C20H16ClNO4. The van der Waals surface area contributed by atoms with Gasteiger partial charge in [0.15, 0.2) is 5.78 Å². The molecule has 0 aliphatic carbocycles. The largest absolute Gasteiger partial charge is 0.496 e. The fraction of sp³-hybridized carbons (Fsp3) is 0.150. The minimum absolute atomic E-state index is 0.122. The summed E-state index contributed by atoms with van der Waals surface area (Å²) in [6.45, 7) is 3.01. The third-order valence-electron chi connectivity index (χ3n) is 4.05. The van der Waals surface area contributed by atoms with Crippen LogP contribution in [0, 0.1) is 0 Å². The molecule has 0 N–H and O–H groups in total. The Morgan fingerprint density at radius 3 is 2.42 bits per heavy atom. The van der Waals surface area contributed by atoms with Gasteiger partial charge in [-0.25, -0.2) is 4.90 Å². The summed E-state index contributed by atoms with van der Waals surface area (Å²) >= 11 is 5.85. The molecule has 0 unspecified atom stereocenters. The number of hydrogen-bond acceptors (Lipinski definition) is 4. The molecule has 0 fully saturated rings. The monoisotopic (exact) mass is 369 g/mol. The van der Waals surface area contributed by atoms with Crippen molar-refractivity contribution in [3.8, 4) is 0 Å². The van der Waals surface area contributed by atoms with Gasteiger partial charge in [0.25, 0.3) is 5.91 Å². The van der Waals surface area contributed by atoms with Crippen molar-refractivity contribution >= 4 is 40.5 Å². The Bertz CT molecular complexity index is 931. The van der Waals surface area contributed by atoms with Crippen LogP contribution < -0.4 is 4.90 Å². The molecule has 3 rings (SSSR count). The predicted octanol–water partition coefficient (Wildman–Crippen LogP) is 3.99. The maximum Gasteiger partial charge on any atom is 0.268 e. The molecule has 132 valence electrons. The van der Waals surface area contributed by atoms with Gasteiger partial charge in [-0.1, -0.05) is 23.7 Å². The summed E-state index contributed by atoms with van der Waals surface area (Å²) in [5.41, 5.74) is 2.55. The lowest BCUT2D eigenvalue weighted by atomic mass is 10.0. The van der Waals surface area contributed by atoms with E-state index < -0.39 is 11.8 Å². The van der Waals surface area contributed by atoms with Crippen molar-refractivity contribution in [2.75, 3.05) is 4.90 Å². The van der Waals surface area contributed by atoms with E-state index in [-0.39, 0.29) is 18.0 Å². The zero-order valence-electron chi connectivity index (χ0n) is 14.3. The van der Waals surface area contributed by atoms with E-state index in [1.54, 1.807) is 30.3 Å². The van der Waals surface area contributed by atoms with Gasteiger partial charge in [0.1, 0.15) is 6.61 Å². The van der Waals surface area contributed by atoms with Gasteiger partial charge < -0.3 is 4.74 Å². The van der Waals surface area contributed by atoms with Crippen LogP contribution in [0.4, 0.5) is 5.69 Å². The SMILES string of the molecule is CC(=O)c1ccc2c(c1)C(=COCc1ccc(Cl)cc1)C(=O)N2C(C)=O. The Morgan fingerprint density at radius 2 is 1.81 bits per heavy atom. The van der Waals surface area contributed by atoms with E-state index in [0.717, 1.165) is 10.5 Å². The van der Waals surface area contributed by atoms with E-state index in [1.165, 1.54) is 20.1 Å². The van der Waals surface area contributed by atoms with Crippen molar-refractivity contribution in [1.82, 2.24) is 0 Å². The highest BCUT2D eigenvalue weighted by molar-refractivity contribution is 6.39. The van der Waals surface area contributed by atoms with E-state index in [1.807, 2.05) is 12.1 Å². The highest BCUT2D eigenvalue weighted by Gasteiger charge is 2.35. The first-order chi connectivity index (χ1) is 12.4. The summed E-state index contributed by atoms with van der Waals surface area (Å²) in [5, 5.41) is 0.626. The Morgan fingerprint density at radius 1 is 1.12 bits per heavy atom. The van der Waals surface area contributed by atoms with Gasteiger partial charge in [0.2, 0.25) is 5.91 Å². The lowest BCUT2D eigenvalue weighted by Gasteiger charge is -2.12. The van der Waals surface area contributed by atoms with Crippen LogP contribution in [0.2, 0.25) is 5.02 Å². The van der Waals surface area contributed by atoms with Crippen molar-refractivity contribution in [2.45, 2.75) is 20.5 Å². The van der Waals surface area contributed by atoms with Crippen LogP contribution >= 0.6 is 11.6 Å². The average Bonchev–Trinajstić information content (AvgIpc) is 2.88. The molecule has 26 heavy (non-hydrogen) atoms. The molecule has 0 bridgehead atoms. The number of imide groups is 1. The number of halogens is 1. The Balaban J connectivity index is 1.92. The van der Waals surface area contributed by atoms with E-state index in [2.05, 4.69) is 0 Å². The second-order valence-electron chi connectivity index (χ2n) is 5.92. The highest BCUT2D eigenvalue weighted by atomic mass is 35.5. The van der Waals surface area contributed by atoms with E-state index in [4.69, 9.17) is 16.3 Å². The third-order valence-corrected chi connectivity index (χ3v) is 4.30. The topological polar surface area (TPSA) is 63.7 Å². The van der Waals surface area contributed by atoms with Crippen molar-refractivity contribution in [2.24, 2.45) is 0 Å². The van der Waals surface area contributed by atoms with Crippen molar-refractivity contribution < 1.29 is 19.1 Å². The van der Waals surface area contributed by atoms with Gasteiger partial charge in [0, 0.05) is 23.1 Å². The van der Waals surface area contributed by atoms with Crippen molar-refractivity contribution in [3.05, 3.63) is 70.4 Å². The number of nitrogens with zero attached hydrogens (tertiary/aromatic N) is 1. The van der Waals surface area contributed by atoms with Crippen molar-refractivity contribution in [3.63, 3.8) is 0 Å². The molecule has 6 heteroatoms. The molecule has 5 nitrogen and oxygen atoms in total. The van der Waals surface area contributed by atoms with Crippen LogP contribution in [0.1, 0.15) is 35.3 Å². The summed E-state index contributed by atoms with van der Waals surface area (Å²) in [6.07, 6.45) is 1.34. The molecule has 1 aliphatic heterocycles. The maximum atomic E-state index is 12.6. The quantitative estimate of drug-likeness (QED) is 0.464. The Labute approximate surface area is 155 Å². The number of benzene rings is 2. The number of Topliss-reactive ketones (excluding diaryl/α,β-unsaturated/α-hetero) is 1. The smallest absolute Gasteiger partial charge is 0.268 e. The Kier molecular flexibility index (Phi) is 4.91. The highest BCUT2D eigenvalue weighted by Crippen LogP contribution is 2.37.